The van der Waals surface area contributed by atoms with Gasteiger partial charge in [-0.2, -0.15) is 0 Å². The maximum Gasteiger partial charge on any atom is 0.290 e. The molecule has 1 unspecified atom stereocenters. The van der Waals surface area contributed by atoms with Crippen LogP contribution in [0.25, 0.3) is 10.9 Å². The number of amides is 1. The second-order valence-corrected chi connectivity index (χ2v) is 6.61. The smallest absolute Gasteiger partial charge is 0.290 e. The number of halogens is 1. The third-order valence-electron chi connectivity index (χ3n) is 4.66. The molecule has 0 aliphatic carbocycles. The zero-order valence-electron chi connectivity index (χ0n) is 15.6. The summed E-state index contributed by atoms with van der Waals surface area (Å²) in [5, 5.41) is 1.03. The van der Waals surface area contributed by atoms with E-state index in [0.29, 0.717) is 41.3 Å². The average molecular weight is 388 g/mol. The summed E-state index contributed by atoms with van der Waals surface area (Å²) in [4.78, 5) is 32.3. The van der Waals surface area contributed by atoms with Crippen molar-refractivity contribution in [2.75, 3.05) is 6.54 Å². The number of hydrogen-bond acceptors (Lipinski definition) is 4. The second-order valence-electron chi connectivity index (χ2n) is 6.17. The van der Waals surface area contributed by atoms with E-state index in [2.05, 4.69) is 0 Å². The van der Waals surface area contributed by atoms with Gasteiger partial charge in [0.2, 0.25) is 0 Å². The molecule has 7 heteroatoms. The van der Waals surface area contributed by atoms with Crippen molar-refractivity contribution in [3.63, 3.8) is 0 Å². The highest BCUT2D eigenvalue weighted by atomic mass is 35.5. The van der Waals surface area contributed by atoms with Crippen molar-refractivity contribution in [2.24, 2.45) is 0 Å². The van der Waals surface area contributed by atoms with E-state index in [1.165, 1.54) is 6.26 Å². The highest BCUT2D eigenvalue weighted by Gasteiger charge is 2.29. The molecule has 3 rings (SSSR count). The Hall–Kier alpha value is -2.60. The Morgan fingerprint density at radius 1 is 1.30 bits per heavy atom. The van der Waals surface area contributed by atoms with Crippen LogP contribution in [0.1, 0.15) is 49.6 Å². The molecule has 0 aliphatic heterocycles. The molecule has 0 saturated carbocycles. The molecule has 0 N–H and O–H groups in total. The molecule has 2 heterocycles. The first-order valence-corrected chi connectivity index (χ1v) is 9.44. The fourth-order valence-corrected chi connectivity index (χ4v) is 3.53. The maximum absolute atomic E-state index is 13.0. The zero-order valence-corrected chi connectivity index (χ0v) is 16.4. The van der Waals surface area contributed by atoms with Crippen LogP contribution >= 0.6 is 11.6 Å². The number of nitrogens with zero attached hydrogens (tertiary/aromatic N) is 3. The summed E-state index contributed by atoms with van der Waals surface area (Å²) in [7, 11) is 0. The van der Waals surface area contributed by atoms with Gasteiger partial charge in [-0.05, 0) is 50.6 Å². The lowest BCUT2D eigenvalue weighted by atomic mass is 10.1. The molecule has 6 nitrogen and oxygen atoms in total. The quantitative estimate of drug-likeness (QED) is 0.633. The first-order chi connectivity index (χ1) is 13.0. The molecule has 142 valence electrons. The molecule has 0 spiro atoms. The van der Waals surface area contributed by atoms with Gasteiger partial charge in [0.1, 0.15) is 5.82 Å². The minimum atomic E-state index is -0.358. The molecule has 0 fully saturated rings. The Morgan fingerprint density at radius 2 is 2.07 bits per heavy atom. The van der Waals surface area contributed by atoms with Crippen LogP contribution in [0, 0.1) is 0 Å². The van der Waals surface area contributed by atoms with Crippen LogP contribution in [0.2, 0.25) is 5.02 Å². The van der Waals surface area contributed by atoms with Crippen molar-refractivity contribution >= 4 is 28.4 Å². The van der Waals surface area contributed by atoms with Crippen molar-refractivity contribution in [3.05, 3.63) is 63.6 Å². The number of hydrogen-bond donors (Lipinski definition) is 0. The topological polar surface area (TPSA) is 68.3 Å². The summed E-state index contributed by atoms with van der Waals surface area (Å²) in [5.41, 5.74) is 0.404. The van der Waals surface area contributed by atoms with Crippen LogP contribution in [0.5, 0.6) is 0 Å². The first-order valence-electron chi connectivity index (χ1n) is 9.06. The number of rotatable bonds is 6. The first kappa shape index (κ1) is 19.2. The van der Waals surface area contributed by atoms with E-state index in [0.717, 1.165) is 0 Å². The van der Waals surface area contributed by atoms with E-state index in [1.54, 1.807) is 39.8 Å². The molecule has 3 aromatic rings. The molecule has 0 aliphatic rings. The highest BCUT2D eigenvalue weighted by Crippen LogP contribution is 2.26. The molecule has 0 saturated heterocycles. The van der Waals surface area contributed by atoms with E-state index in [9.17, 15) is 9.59 Å². The van der Waals surface area contributed by atoms with Crippen LogP contribution < -0.4 is 5.56 Å². The van der Waals surface area contributed by atoms with Crippen LogP contribution in [0.15, 0.2) is 45.8 Å². The van der Waals surface area contributed by atoms with Crippen LogP contribution in [-0.4, -0.2) is 26.9 Å². The van der Waals surface area contributed by atoms with Gasteiger partial charge in [-0.3, -0.25) is 14.2 Å². The Kier molecular flexibility index (Phi) is 5.65. The molecule has 27 heavy (non-hydrogen) atoms. The Labute approximate surface area is 162 Å². The Bertz CT molecular complexity index is 1010. The minimum Gasteiger partial charge on any atom is -0.459 e. The van der Waals surface area contributed by atoms with Crippen molar-refractivity contribution < 1.29 is 9.21 Å². The molecule has 1 amide bonds. The van der Waals surface area contributed by atoms with Crippen molar-refractivity contribution in [3.8, 4) is 0 Å². The number of aromatic nitrogens is 2. The van der Waals surface area contributed by atoms with Gasteiger partial charge in [0.15, 0.2) is 5.76 Å². The predicted molar refractivity (Wildman–Crippen MR) is 105 cm³/mol. The number of carbonyl (C=O) groups excluding carboxylic acids is 1. The number of carbonyl (C=O) groups is 1. The summed E-state index contributed by atoms with van der Waals surface area (Å²) >= 11 is 6.09. The van der Waals surface area contributed by atoms with Crippen molar-refractivity contribution in [1.29, 1.82) is 0 Å². The van der Waals surface area contributed by atoms with E-state index >= 15 is 0 Å². The molecular weight excluding hydrogens is 366 g/mol. The normalized spacial score (nSPS) is 12.3. The summed E-state index contributed by atoms with van der Waals surface area (Å²) in [6.07, 6.45) is 2.08. The van der Waals surface area contributed by atoms with Crippen molar-refractivity contribution in [1.82, 2.24) is 14.5 Å². The van der Waals surface area contributed by atoms with Crippen molar-refractivity contribution in [2.45, 2.75) is 39.8 Å². The Morgan fingerprint density at radius 3 is 2.67 bits per heavy atom. The van der Waals surface area contributed by atoms with Crippen LogP contribution in [0.3, 0.4) is 0 Å². The fraction of sp³-hybridized carbons (Fsp3) is 0.350. The Balaban J connectivity index is 2.17. The lowest BCUT2D eigenvalue weighted by Gasteiger charge is -2.30. The van der Waals surface area contributed by atoms with Crippen LogP contribution in [-0.2, 0) is 6.54 Å². The van der Waals surface area contributed by atoms with Gasteiger partial charge in [0, 0.05) is 18.1 Å². The summed E-state index contributed by atoms with van der Waals surface area (Å²) < 4.78 is 6.90. The van der Waals surface area contributed by atoms with Gasteiger partial charge in [0.05, 0.1) is 23.2 Å². The zero-order chi connectivity index (χ0) is 19.6. The van der Waals surface area contributed by atoms with Gasteiger partial charge in [-0.25, -0.2) is 4.98 Å². The third kappa shape index (κ3) is 3.49. The molecular formula is C20H22ClN3O3. The largest absolute Gasteiger partial charge is 0.459 e. The van der Waals surface area contributed by atoms with E-state index in [4.69, 9.17) is 21.0 Å². The lowest BCUT2D eigenvalue weighted by molar-refractivity contribution is 0.0637. The second kappa shape index (κ2) is 7.96. The average Bonchev–Trinajstić information content (AvgIpc) is 3.20. The van der Waals surface area contributed by atoms with Gasteiger partial charge in [-0.15, -0.1) is 0 Å². The monoisotopic (exact) mass is 387 g/mol. The van der Waals surface area contributed by atoms with E-state index in [1.807, 2.05) is 20.8 Å². The van der Waals surface area contributed by atoms with Gasteiger partial charge < -0.3 is 9.32 Å². The summed E-state index contributed by atoms with van der Waals surface area (Å²) in [6, 6.07) is 8.01. The number of fused-ring (bicyclic) bond motifs is 1. The molecule has 1 aromatic carbocycles. The summed E-state index contributed by atoms with van der Waals surface area (Å²) in [5.74, 6) is 0.600. The van der Waals surface area contributed by atoms with Crippen LogP contribution in [0.4, 0.5) is 0 Å². The van der Waals surface area contributed by atoms with Gasteiger partial charge >= 0.3 is 0 Å². The van der Waals surface area contributed by atoms with Gasteiger partial charge in [0.25, 0.3) is 11.5 Å². The fourth-order valence-electron chi connectivity index (χ4n) is 3.36. The van der Waals surface area contributed by atoms with E-state index in [-0.39, 0.29) is 23.3 Å². The minimum absolute atomic E-state index is 0.130. The third-order valence-corrected chi connectivity index (χ3v) is 4.89. The highest BCUT2D eigenvalue weighted by molar-refractivity contribution is 6.31. The van der Waals surface area contributed by atoms with E-state index < -0.39 is 0 Å². The molecule has 0 bridgehead atoms. The summed E-state index contributed by atoms with van der Waals surface area (Å²) in [6.45, 7) is 6.69. The standard InChI is InChI=1S/C20H22ClN3O3/c1-4-16(23(5-2)20(26)17-8-7-11-27-17)18-22-15-12-13(21)9-10-14(15)19(25)24(18)6-3/h7-12,16H,4-6H2,1-3H3. The SMILES string of the molecule is CCC(c1nc2cc(Cl)ccc2c(=O)n1CC)N(CC)C(=O)c1ccco1. The van der Waals surface area contributed by atoms with Gasteiger partial charge in [-0.1, -0.05) is 18.5 Å². The number of benzene rings is 1. The molecule has 1 atom stereocenters. The predicted octanol–water partition coefficient (Wildman–Crippen LogP) is 4.28. The lowest BCUT2D eigenvalue weighted by Crippen LogP contribution is -2.38. The molecule has 0 radical (unpaired) electrons. The number of furan rings is 1. The maximum atomic E-state index is 13.0. The molecule has 2 aromatic heterocycles.